The highest BCUT2D eigenvalue weighted by molar-refractivity contribution is 5.82. The van der Waals surface area contributed by atoms with Crippen LogP contribution in [0.4, 0.5) is 4.79 Å². The van der Waals surface area contributed by atoms with E-state index < -0.39 is 12.1 Å². The van der Waals surface area contributed by atoms with Crippen molar-refractivity contribution in [3.63, 3.8) is 0 Å². The molecular formula is C12H15NO4. The summed E-state index contributed by atoms with van der Waals surface area (Å²) in [5.41, 5.74) is 2.58. The van der Waals surface area contributed by atoms with Crippen LogP contribution in [0.3, 0.4) is 0 Å². The van der Waals surface area contributed by atoms with E-state index in [0.29, 0.717) is 13.2 Å². The molecular weight excluding hydrogens is 222 g/mol. The van der Waals surface area contributed by atoms with Crippen LogP contribution in [-0.2, 0) is 14.3 Å². The lowest BCUT2D eigenvalue weighted by Gasteiger charge is -2.15. The Morgan fingerprint density at radius 1 is 1.76 bits per heavy atom. The topological polar surface area (TPSA) is 55.8 Å². The van der Waals surface area contributed by atoms with Crippen molar-refractivity contribution in [2.75, 3.05) is 19.8 Å². The third-order valence-electron chi connectivity index (χ3n) is 2.19. The number of esters is 1. The Kier molecular flexibility index (Phi) is 5.04. The van der Waals surface area contributed by atoms with E-state index in [-0.39, 0.29) is 12.6 Å². The van der Waals surface area contributed by atoms with Crippen molar-refractivity contribution < 1.29 is 19.1 Å². The predicted molar refractivity (Wildman–Crippen MR) is 61.3 cm³/mol. The smallest absolute Gasteiger partial charge is 0.410 e. The third kappa shape index (κ3) is 3.81. The Labute approximate surface area is 100.0 Å². The number of hydrogen-bond acceptors (Lipinski definition) is 4. The molecule has 0 spiro atoms. The second kappa shape index (κ2) is 6.55. The van der Waals surface area contributed by atoms with Gasteiger partial charge in [0.1, 0.15) is 6.61 Å². The van der Waals surface area contributed by atoms with Gasteiger partial charge in [0.25, 0.3) is 0 Å². The maximum atomic E-state index is 11.3. The average Bonchev–Trinajstić information content (AvgIpc) is 2.65. The number of hydrogen-bond donors (Lipinski definition) is 0. The van der Waals surface area contributed by atoms with Gasteiger partial charge in [0.15, 0.2) is 0 Å². The minimum Gasteiger partial charge on any atom is -0.463 e. The minimum atomic E-state index is -0.425. The van der Waals surface area contributed by atoms with Crippen molar-refractivity contribution in [1.82, 2.24) is 4.90 Å². The fourth-order valence-corrected chi connectivity index (χ4v) is 1.38. The lowest BCUT2D eigenvalue weighted by molar-refractivity contribution is -0.137. The molecule has 0 radical (unpaired) electrons. The molecule has 1 amide bonds. The zero-order valence-electron chi connectivity index (χ0n) is 9.72. The first-order chi connectivity index (χ1) is 8.19. The largest absolute Gasteiger partial charge is 0.463 e. The first-order valence-corrected chi connectivity index (χ1v) is 5.31. The second-order valence-electron chi connectivity index (χ2n) is 3.32. The summed E-state index contributed by atoms with van der Waals surface area (Å²) in [4.78, 5) is 23.9. The fraction of sp³-hybridized carbons (Fsp3) is 0.417. The van der Waals surface area contributed by atoms with E-state index in [1.807, 2.05) is 0 Å². The van der Waals surface area contributed by atoms with Crippen LogP contribution in [0.5, 0.6) is 0 Å². The van der Waals surface area contributed by atoms with Crippen molar-refractivity contribution in [3.05, 3.63) is 30.5 Å². The molecule has 5 nitrogen and oxygen atoms in total. The van der Waals surface area contributed by atoms with Crippen molar-refractivity contribution in [1.29, 1.82) is 0 Å². The van der Waals surface area contributed by atoms with Gasteiger partial charge in [-0.1, -0.05) is 12.7 Å². The number of cyclic esters (lactones) is 1. The van der Waals surface area contributed by atoms with Crippen molar-refractivity contribution >= 4 is 12.1 Å². The van der Waals surface area contributed by atoms with Gasteiger partial charge < -0.3 is 9.47 Å². The molecule has 0 bridgehead atoms. The molecule has 1 heterocycles. The van der Waals surface area contributed by atoms with Gasteiger partial charge in [0, 0.05) is 6.08 Å². The number of ether oxygens (including phenoxy) is 2. The van der Waals surface area contributed by atoms with Gasteiger partial charge in [0.2, 0.25) is 0 Å². The average molecular weight is 237 g/mol. The van der Waals surface area contributed by atoms with Gasteiger partial charge >= 0.3 is 12.1 Å². The predicted octanol–water partition coefficient (Wildman–Crippen LogP) is 1.27. The lowest BCUT2D eigenvalue weighted by Crippen LogP contribution is -2.32. The highest BCUT2D eigenvalue weighted by Gasteiger charge is 2.30. The number of amides is 1. The highest BCUT2D eigenvalue weighted by Crippen LogP contribution is 2.13. The quantitative estimate of drug-likeness (QED) is 0.410. The van der Waals surface area contributed by atoms with E-state index in [0.717, 1.165) is 0 Å². The Morgan fingerprint density at radius 2 is 2.53 bits per heavy atom. The summed E-state index contributed by atoms with van der Waals surface area (Å²) in [6.07, 6.45) is 4.12. The van der Waals surface area contributed by atoms with Crippen LogP contribution in [0.1, 0.15) is 6.92 Å². The number of rotatable bonds is 5. The van der Waals surface area contributed by atoms with Crippen LogP contribution < -0.4 is 0 Å². The maximum Gasteiger partial charge on any atom is 0.410 e. The monoisotopic (exact) mass is 237 g/mol. The zero-order chi connectivity index (χ0) is 12.7. The van der Waals surface area contributed by atoms with Crippen molar-refractivity contribution in [2.45, 2.75) is 13.0 Å². The molecule has 0 aliphatic carbocycles. The molecule has 0 aromatic heterocycles. The molecule has 1 aliphatic rings. The van der Waals surface area contributed by atoms with Crippen LogP contribution >= 0.6 is 0 Å². The molecule has 0 aromatic carbocycles. The third-order valence-corrected chi connectivity index (χ3v) is 2.19. The molecule has 17 heavy (non-hydrogen) atoms. The number of carbonyl (C=O) groups excluding carboxylic acids is 2. The summed E-state index contributed by atoms with van der Waals surface area (Å²) in [6, 6.07) is -0.253. The molecule has 0 saturated carbocycles. The summed E-state index contributed by atoms with van der Waals surface area (Å²) >= 11 is 0. The molecule has 1 saturated heterocycles. The number of nitrogens with zero attached hydrogens (tertiary/aromatic N) is 1. The molecule has 1 aliphatic heterocycles. The second-order valence-corrected chi connectivity index (χ2v) is 3.32. The molecule has 92 valence electrons. The van der Waals surface area contributed by atoms with Gasteiger partial charge in [-0.25, -0.2) is 9.59 Å². The van der Waals surface area contributed by atoms with Crippen LogP contribution in [0, 0.1) is 0 Å². The van der Waals surface area contributed by atoms with Crippen LogP contribution in [0.15, 0.2) is 30.5 Å². The highest BCUT2D eigenvalue weighted by atomic mass is 16.6. The molecule has 0 N–H and O–H groups in total. The summed E-state index contributed by atoms with van der Waals surface area (Å²) < 4.78 is 9.63. The maximum absolute atomic E-state index is 11.3. The van der Waals surface area contributed by atoms with Crippen molar-refractivity contribution in [2.24, 2.45) is 0 Å². The van der Waals surface area contributed by atoms with E-state index in [1.54, 1.807) is 19.1 Å². The summed E-state index contributed by atoms with van der Waals surface area (Å²) in [7, 11) is 0. The van der Waals surface area contributed by atoms with Gasteiger partial charge in [-0.3, -0.25) is 4.90 Å². The van der Waals surface area contributed by atoms with E-state index in [1.165, 1.54) is 11.0 Å². The minimum absolute atomic E-state index is 0.236. The first-order valence-electron chi connectivity index (χ1n) is 5.31. The molecule has 5 heteroatoms. The van der Waals surface area contributed by atoms with E-state index >= 15 is 0 Å². The Bertz CT molecular complexity index is 369. The Morgan fingerprint density at radius 3 is 3.18 bits per heavy atom. The van der Waals surface area contributed by atoms with E-state index in [9.17, 15) is 9.59 Å². The van der Waals surface area contributed by atoms with Gasteiger partial charge in [-0.2, -0.15) is 0 Å². The normalized spacial score (nSPS) is 19.0. The fourth-order valence-electron chi connectivity index (χ4n) is 1.38. The van der Waals surface area contributed by atoms with Crippen LogP contribution in [0.2, 0.25) is 0 Å². The van der Waals surface area contributed by atoms with Gasteiger partial charge in [-0.15, -0.1) is 5.73 Å². The first kappa shape index (κ1) is 13.1. The van der Waals surface area contributed by atoms with E-state index in [2.05, 4.69) is 12.3 Å². The van der Waals surface area contributed by atoms with Crippen LogP contribution in [0.25, 0.3) is 0 Å². The zero-order valence-corrected chi connectivity index (χ0v) is 9.72. The standard InChI is InChI=1S/C12H15NO4/c1-3-5-8-13-10(9-17-12(13)15)6-7-11(14)16-4-2/h5-7,10H,1,4,8-9H2,2H3/b7-6+. The molecule has 0 aromatic rings. The lowest BCUT2D eigenvalue weighted by atomic mass is 10.2. The van der Waals surface area contributed by atoms with E-state index in [4.69, 9.17) is 9.47 Å². The molecule has 1 atom stereocenters. The van der Waals surface area contributed by atoms with Gasteiger partial charge in [-0.05, 0) is 13.0 Å². The summed E-state index contributed by atoms with van der Waals surface area (Å²) in [5, 5.41) is 0. The molecule has 1 unspecified atom stereocenters. The Balaban J connectivity index is 2.59. The molecule has 1 fully saturated rings. The van der Waals surface area contributed by atoms with Crippen LogP contribution in [-0.4, -0.2) is 42.8 Å². The number of carbonyl (C=O) groups is 2. The molecule has 1 rings (SSSR count). The summed E-state index contributed by atoms with van der Waals surface area (Å²) in [5.74, 6) is -0.425. The SMILES string of the molecule is C=C=CCN1C(=O)OCC1/C=C/C(=O)OCC. The van der Waals surface area contributed by atoms with Gasteiger partial charge in [0.05, 0.1) is 19.2 Å². The van der Waals surface area contributed by atoms with Crippen molar-refractivity contribution in [3.8, 4) is 0 Å². The summed E-state index contributed by atoms with van der Waals surface area (Å²) in [6.45, 7) is 6.07. The Hall–Kier alpha value is -2.00.